The molecule has 112 valence electrons. The number of carbonyl (C=O) groups is 2. The van der Waals surface area contributed by atoms with E-state index in [2.05, 4.69) is 5.32 Å². The van der Waals surface area contributed by atoms with Crippen LogP contribution in [0.1, 0.15) is 26.2 Å². The normalized spacial score (nSPS) is 38.2. The maximum Gasteiger partial charge on any atom is 0.246 e. The Labute approximate surface area is 118 Å². The summed E-state index contributed by atoms with van der Waals surface area (Å²) in [5, 5.41) is 2.86. The van der Waals surface area contributed by atoms with Gasteiger partial charge in [0.05, 0.1) is 13.2 Å². The molecule has 1 N–H and O–H groups in total. The predicted molar refractivity (Wildman–Crippen MR) is 71.0 cm³/mol. The van der Waals surface area contributed by atoms with E-state index in [4.69, 9.17) is 9.47 Å². The van der Waals surface area contributed by atoms with Gasteiger partial charge in [0, 0.05) is 20.1 Å². The van der Waals surface area contributed by atoms with E-state index in [-0.39, 0.29) is 17.9 Å². The fourth-order valence-corrected chi connectivity index (χ4v) is 3.06. The maximum absolute atomic E-state index is 12.6. The lowest BCUT2D eigenvalue weighted by atomic mass is 9.98. The summed E-state index contributed by atoms with van der Waals surface area (Å²) in [5.74, 6) is 0.286. The molecule has 3 fully saturated rings. The Balaban J connectivity index is 1.78. The van der Waals surface area contributed by atoms with Gasteiger partial charge in [-0.05, 0) is 25.7 Å². The number of hydrogen-bond acceptors (Lipinski definition) is 4. The second-order valence-corrected chi connectivity index (χ2v) is 6.16. The van der Waals surface area contributed by atoms with E-state index >= 15 is 0 Å². The van der Waals surface area contributed by atoms with Gasteiger partial charge in [0.25, 0.3) is 0 Å². The van der Waals surface area contributed by atoms with E-state index in [1.807, 2.05) is 0 Å². The lowest BCUT2D eigenvalue weighted by molar-refractivity contribution is -0.154. The van der Waals surface area contributed by atoms with Gasteiger partial charge in [-0.2, -0.15) is 0 Å². The second kappa shape index (κ2) is 5.00. The molecular formula is C14H22N2O4. The van der Waals surface area contributed by atoms with Crippen molar-refractivity contribution in [2.24, 2.45) is 5.92 Å². The van der Waals surface area contributed by atoms with Crippen LogP contribution in [0.4, 0.5) is 0 Å². The lowest BCUT2D eigenvalue weighted by Gasteiger charge is -2.41. The van der Waals surface area contributed by atoms with Crippen LogP contribution >= 0.6 is 0 Å². The minimum absolute atomic E-state index is 0.0305. The highest BCUT2D eigenvalue weighted by atomic mass is 16.5. The van der Waals surface area contributed by atoms with Crippen molar-refractivity contribution in [1.29, 1.82) is 0 Å². The van der Waals surface area contributed by atoms with Crippen LogP contribution in [0.25, 0.3) is 0 Å². The second-order valence-electron chi connectivity index (χ2n) is 6.16. The van der Waals surface area contributed by atoms with E-state index < -0.39 is 11.6 Å². The summed E-state index contributed by atoms with van der Waals surface area (Å²) in [6.07, 6.45) is 2.81. The molecule has 20 heavy (non-hydrogen) atoms. The van der Waals surface area contributed by atoms with Gasteiger partial charge in [-0.15, -0.1) is 0 Å². The molecule has 3 atom stereocenters. The zero-order valence-electron chi connectivity index (χ0n) is 12.1. The number of amides is 2. The highest BCUT2D eigenvalue weighted by Gasteiger charge is 2.48. The first-order valence-corrected chi connectivity index (χ1v) is 7.30. The van der Waals surface area contributed by atoms with Crippen molar-refractivity contribution in [2.45, 2.75) is 43.9 Å². The van der Waals surface area contributed by atoms with Crippen molar-refractivity contribution in [2.75, 3.05) is 26.9 Å². The van der Waals surface area contributed by atoms with E-state index in [1.165, 1.54) is 0 Å². The van der Waals surface area contributed by atoms with Crippen molar-refractivity contribution in [3.8, 4) is 0 Å². The third-order valence-corrected chi connectivity index (χ3v) is 4.75. The van der Waals surface area contributed by atoms with E-state index in [0.717, 1.165) is 19.3 Å². The number of rotatable bonds is 4. The molecule has 0 radical (unpaired) electrons. The van der Waals surface area contributed by atoms with Crippen LogP contribution in [0, 0.1) is 5.92 Å². The van der Waals surface area contributed by atoms with Gasteiger partial charge in [0.2, 0.25) is 11.8 Å². The van der Waals surface area contributed by atoms with Crippen molar-refractivity contribution in [3.63, 3.8) is 0 Å². The molecule has 1 saturated carbocycles. The Kier molecular flexibility index (Phi) is 3.46. The first-order chi connectivity index (χ1) is 9.56. The van der Waals surface area contributed by atoms with Gasteiger partial charge >= 0.3 is 0 Å². The highest BCUT2D eigenvalue weighted by molar-refractivity contribution is 5.97. The van der Waals surface area contributed by atoms with E-state index in [0.29, 0.717) is 25.7 Å². The molecule has 3 unspecified atom stereocenters. The van der Waals surface area contributed by atoms with Gasteiger partial charge < -0.3 is 19.7 Å². The van der Waals surface area contributed by atoms with Crippen molar-refractivity contribution >= 4 is 11.8 Å². The summed E-state index contributed by atoms with van der Waals surface area (Å²) in [6, 6.07) is -0.778. The van der Waals surface area contributed by atoms with E-state index in [9.17, 15) is 9.59 Å². The summed E-state index contributed by atoms with van der Waals surface area (Å²) in [4.78, 5) is 26.4. The molecule has 6 heteroatoms. The van der Waals surface area contributed by atoms with Crippen LogP contribution in [-0.2, 0) is 19.1 Å². The molecule has 0 spiro atoms. The fraction of sp³-hybridized carbons (Fsp3) is 0.857. The minimum Gasteiger partial charge on any atom is -0.378 e. The first kappa shape index (κ1) is 13.8. The van der Waals surface area contributed by atoms with Crippen LogP contribution in [-0.4, -0.2) is 61.3 Å². The van der Waals surface area contributed by atoms with Crippen LogP contribution in [0.2, 0.25) is 0 Å². The average molecular weight is 282 g/mol. The Morgan fingerprint density at radius 3 is 2.75 bits per heavy atom. The monoisotopic (exact) mass is 282 g/mol. The van der Waals surface area contributed by atoms with Gasteiger partial charge in [-0.25, -0.2) is 0 Å². The number of nitrogens with zero attached hydrogens (tertiary/aromatic N) is 1. The van der Waals surface area contributed by atoms with Crippen LogP contribution < -0.4 is 5.32 Å². The predicted octanol–water partition coefficient (Wildman–Crippen LogP) is -0.0826. The van der Waals surface area contributed by atoms with Crippen LogP contribution in [0.15, 0.2) is 0 Å². The number of carbonyl (C=O) groups excluding carboxylic acids is 2. The molecule has 2 amide bonds. The number of nitrogens with one attached hydrogen (secondary N) is 1. The first-order valence-electron chi connectivity index (χ1n) is 7.30. The van der Waals surface area contributed by atoms with Crippen LogP contribution in [0.3, 0.4) is 0 Å². The molecule has 3 rings (SSSR count). The Morgan fingerprint density at radius 2 is 2.20 bits per heavy atom. The Bertz CT molecular complexity index is 415. The third kappa shape index (κ3) is 2.31. The number of hydrogen-bond donors (Lipinski definition) is 1. The van der Waals surface area contributed by atoms with Gasteiger partial charge in [0.15, 0.2) is 0 Å². The molecule has 2 aliphatic heterocycles. The molecule has 0 bridgehead atoms. The molecule has 2 saturated heterocycles. The molecule has 6 nitrogen and oxygen atoms in total. The largest absolute Gasteiger partial charge is 0.378 e. The molecule has 0 aromatic rings. The SMILES string of the molecule is COC1(CN2C(=O)C(C3CC3)NC(=O)C2C)CCOC1. The zero-order chi connectivity index (χ0) is 14.3. The third-order valence-electron chi connectivity index (χ3n) is 4.75. The Morgan fingerprint density at radius 1 is 1.45 bits per heavy atom. The van der Waals surface area contributed by atoms with Gasteiger partial charge in [-0.3, -0.25) is 9.59 Å². The summed E-state index contributed by atoms with van der Waals surface area (Å²) in [5.41, 5.74) is -0.463. The van der Waals surface area contributed by atoms with Gasteiger partial charge in [-0.1, -0.05) is 0 Å². The fourth-order valence-electron chi connectivity index (χ4n) is 3.06. The molecular weight excluding hydrogens is 260 g/mol. The van der Waals surface area contributed by atoms with Crippen molar-refractivity contribution in [1.82, 2.24) is 10.2 Å². The summed E-state index contributed by atoms with van der Waals surface area (Å²) in [6.45, 7) is 3.33. The lowest BCUT2D eigenvalue weighted by Crippen LogP contribution is -2.65. The number of ether oxygens (including phenoxy) is 2. The van der Waals surface area contributed by atoms with Crippen molar-refractivity contribution < 1.29 is 19.1 Å². The topological polar surface area (TPSA) is 67.9 Å². The summed E-state index contributed by atoms with van der Waals surface area (Å²) >= 11 is 0. The van der Waals surface area contributed by atoms with Crippen molar-refractivity contribution in [3.05, 3.63) is 0 Å². The smallest absolute Gasteiger partial charge is 0.246 e. The standard InChI is InChI=1S/C14H22N2O4/c1-9-12(17)15-11(10-3-4-10)13(18)16(9)7-14(19-2)5-6-20-8-14/h9-11H,3-8H2,1-2H3,(H,15,17). The molecule has 0 aromatic carbocycles. The molecule has 2 heterocycles. The quantitative estimate of drug-likeness (QED) is 0.783. The number of piperazine rings is 1. The average Bonchev–Trinajstić information content (AvgIpc) is 3.18. The maximum atomic E-state index is 12.6. The van der Waals surface area contributed by atoms with E-state index in [1.54, 1.807) is 18.9 Å². The molecule has 0 aromatic heterocycles. The Hall–Kier alpha value is -1.14. The summed E-state index contributed by atoms with van der Waals surface area (Å²) < 4.78 is 11.0. The minimum atomic E-state index is -0.463. The summed E-state index contributed by atoms with van der Waals surface area (Å²) in [7, 11) is 1.65. The molecule has 1 aliphatic carbocycles. The van der Waals surface area contributed by atoms with Crippen LogP contribution in [0.5, 0.6) is 0 Å². The molecule has 3 aliphatic rings. The zero-order valence-corrected chi connectivity index (χ0v) is 12.1. The number of methoxy groups -OCH3 is 1. The van der Waals surface area contributed by atoms with Gasteiger partial charge in [0.1, 0.15) is 17.7 Å². The highest BCUT2D eigenvalue weighted by Crippen LogP contribution is 2.36.